The number of carbonyl (C=O) groups is 1. The molecule has 1 aliphatic carbocycles. The Morgan fingerprint density at radius 2 is 1.92 bits per heavy atom. The van der Waals surface area contributed by atoms with Gasteiger partial charge in [0.2, 0.25) is 11.9 Å². The van der Waals surface area contributed by atoms with Gasteiger partial charge in [0, 0.05) is 19.8 Å². The first kappa shape index (κ1) is 15.9. The Morgan fingerprint density at radius 3 is 2.60 bits per heavy atom. The van der Waals surface area contributed by atoms with Crippen molar-refractivity contribution in [3.8, 4) is 0 Å². The lowest BCUT2D eigenvalue weighted by molar-refractivity contribution is -0.120. The molecule has 1 aliphatic heterocycles. The van der Waals surface area contributed by atoms with Crippen LogP contribution in [0.1, 0.15) is 24.8 Å². The van der Waals surface area contributed by atoms with E-state index < -0.39 is 0 Å². The largest absolute Gasteiger partial charge is 0.346 e. The number of amides is 1. The van der Waals surface area contributed by atoms with E-state index in [1.807, 2.05) is 43.3 Å². The van der Waals surface area contributed by atoms with Gasteiger partial charge in [0.15, 0.2) is 5.82 Å². The molecule has 2 aliphatic rings. The highest BCUT2D eigenvalue weighted by Gasteiger charge is 2.39. The topological polar surface area (TPSA) is 61.4 Å². The molecule has 6 heteroatoms. The van der Waals surface area contributed by atoms with Crippen molar-refractivity contribution in [2.75, 3.05) is 29.2 Å². The van der Waals surface area contributed by atoms with Crippen LogP contribution in [0.15, 0.2) is 30.5 Å². The molecule has 2 aromatic rings. The van der Waals surface area contributed by atoms with Crippen molar-refractivity contribution >= 4 is 29.0 Å². The summed E-state index contributed by atoms with van der Waals surface area (Å²) in [6.07, 6.45) is 5.10. The molecule has 1 N–H and O–H groups in total. The molecular formula is C19H23N5O. The minimum absolute atomic E-state index is 0.129. The fraction of sp³-hybridized carbons (Fsp3) is 0.421. The van der Waals surface area contributed by atoms with Crippen LogP contribution in [0.2, 0.25) is 0 Å². The smallest absolute Gasteiger partial charge is 0.249 e. The van der Waals surface area contributed by atoms with Crippen LogP contribution in [0.25, 0.3) is 0 Å². The Kier molecular flexibility index (Phi) is 3.82. The minimum Gasteiger partial charge on any atom is -0.346 e. The molecule has 6 nitrogen and oxygen atoms in total. The Balaban J connectivity index is 1.62. The Hall–Kier alpha value is -2.63. The quantitative estimate of drug-likeness (QED) is 0.929. The first-order valence-electron chi connectivity index (χ1n) is 8.74. The number of fused-ring (bicyclic) bond motifs is 1. The van der Waals surface area contributed by atoms with E-state index in [4.69, 9.17) is 0 Å². The van der Waals surface area contributed by atoms with Crippen LogP contribution in [-0.4, -0.2) is 36.0 Å². The lowest BCUT2D eigenvalue weighted by Gasteiger charge is -2.38. The van der Waals surface area contributed by atoms with E-state index in [1.165, 1.54) is 18.4 Å². The number of rotatable bonds is 4. The summed E-state index contributed by atoms with van der Waals surface area (Å²) in [6.45, 7) is 2.06. The summed E-state index contributed by atoms with van der Waals surface area (Å²) in [5.74, 6) is 2.16. The number of aromatic nitrogens is 2. The summed E-state index contributed by atoms with van der Waals surface area (Å²) in [5, 5.41) is 3.24. The van der Waals surface area contributed by atoms with Gasteiger partial charge in [0.05, 0.1) is 6.20 Å². The monoisotopic (exact) mass is 337 g/mol. The number of likely N-dealkylation sites (N-methyl/N-ethyl adjacent to an activating group) is 2. The van der Waals surface area contributed by atoms with E-state index in [1.54, 1.807) is 11.1 Å². The summed E-state index contributed by atoms with van der Waals surface area (Å²) >= 11 is 0. The number of aryl methyl sites for hydroxylation is 1. The number of hydrogen-bond donors (Lipinski definition) is 1. The molecule has 1 aromatic carbocycles. The van der Waals surface area contributed by atoms with E-state index in [-0.39, 0.29) is 11.9 Å². The molecule has 0 spiro atoms. The molecular weight excluding hydrogens is 314 g/mol. The number of nitrogens with one attached hydrogen (secondary N) is 1. The van der Waals surface area contributed by atoms with Crippen LogP contribution >= 0.6 is 0 Å². The number of nitrogens with zero attached hydrogens (tertiary/aromatic N) is 4. The SMILES string of the molecule is Cc1ccc(Nc2ncc3c(n2)N(C)[C@@H](CC2CC2)C(=O)N3C)cc1. The second kappa shape index (κ2) is 6.02. The van der Waals surface area contributed by atoms with Gasteiger partial charge >= 0.3 is 0 Å². The Morgan fingerprint density at radius 1 is 1.20 bits per heavy atom. The van der Waals surface area contributed by atoms with Gasteiger partial charge in [-0.15, -0.1) is 0 Å². The second-order valence-corrected chi connectivity index (χ2v) is 7.10. The molecule has 1 fully saturated rings. The number of hydrogen-bond acceptors (Lipinski definition) is 5. The van der Waals surface area contributed by atoms with Crippen molar-refractivity contribution in [1.82, 2.24) is 9.97 Å². The van der Waals surface area contributed by atoms with Gasteiger partial charge in [0.25, 0.3) is 0 Å². The first-order chi connectivity index (χ1) is 12.0. The van der Waals surface area contributed by atoms with Gasteiger partial charge < -0.3 is 15.1 Å². The standard InChI is InChI=1S/C19H23N5O/c1-12-4-8-14(9-5-12)21-19-20-11-16-17(22-19)23(2)15(10-13-6-7-13)18(25)24(16)3/h4-5,8-9,11,13,15H,6-7,10H2,1-3H3,(H,20,21,22)/t15-/m0/s1. The fourth-order valence-electron chi connectivity index (χ4n) is 3.27. The van der Waals surface area contributed by atoms with Crippen molar-refractivity contribution in [2.45, 2.75) is 32.2 Å². The van der Waals surface area contributed by atoms with Crippen molar-refractivity contribution in [1.29, 1.82) is 0 Å². The van der Waals surface area contributed by atoms with Gasteiger partial charge in [-0.3, -0.25) is 4.79 Å². The average molecular weight is 337 g/mol. The summed E-state index contributed by atoms with van der Waals surface area (Å²) in [6, 6.07) is 7.98. The van der Waals surface area contributed by atoms with E-state index in [9.17, 15) is 4.79 Å². The first-order valence-corrected chi connectivity index (χ1v) is 8.74. The van der Waals surface area contributed by atoms with E-state index in [0.717, 1.165) is 23.6 Å². The average Bonchev–Trinajstić information content (AvgIpc) is 3.43. The van der Waals surface area contributed by atoms with Gasteiger partial charge in [-0.25, -0.2) is 4.98 Å². The highest BCUT2D eigenvalue weighted by Crippen LogP contribution is 2.40. The Bertz CT molecular complexity index is 800. The second-order valence-electron chi connectivity index (χ2n) is 7.10. The molecule has 4 rings (SSSR count). The number of anilines is 4. The Labute approximate surface area is 147 Å². The van der Waals surface area contributed by atoms with Crippen LogP contribution in [-0.2, 0) is 4.79 Å². The lowest BCUT2D eigenvalue weighted by atomic mass is 10.0. The normalized spacial score (nSPS) is 19.8. The molecule has 130 valence electrons. The van der Waals surface area contributed by atoms with Crippen LogP contribution < -0.4 is 15.1 Å². The molecule has 0 saturated heterocycles. The van der Waals surface area contributed by atoms with E-state index >= 15 is 0 Å². The van der Waals surface area contributed by atoms with Gasteiger partial charge in [-0.05, 0) is 31.4 Å². The molecule has 2 heterocycles. The van der Waals surface area contributed by atoms with Crippen LogP contribution in [0, 0.1) is 12.8 Å². The zero-order valence-corrected chi connectivity index (χ0v) is 14.9. The number of benzene rings is 1. The minimum atomic E-state index is -0.132. The third kappa shape index (κ3) is 3.04. The zero-order chi connectivity index (χ0) is 17.6. The van der Waals surface area contributed by atoms with Gasteiger partial charge in [-0.1, -0.05) is 30.5 Å². The third-order valence-corrected chi connectivity index (χ3v) is 5.09. The molecule has 1 aromatic heterocycles. The molecule has 1 atom stereocenters. The molecule has 0 bridgehead atoms. The highest BCUT2D eigenvalue weighted by atomic mass is 16.2. The van der Waals surface area contributed by atoms with Crippen molar-refractivity contribution < 1.29 is 4.79 Å². The van der Waals surface area contributed by atoms with Gasteiger partial charge in [0.1, 0.15) is 11.7 Å². The molecule has 25 heavy (non-hydrogen) atoms. The number of carbonyl (C=O) groups excluding carboxylic acids is 1. The summed E-state index contributed by atoms with van der Waals surface area (Å²) in [4.78, 5) is 25.5. The molecule has 0 radical (unpaired) electrons. The maximum Gasteiger partial charge on any atom is 0.249 e. The maximum absolute atomic E-state index is 12.7. The van der Waals surface area contributed by atoms with Crippen molar-refractivity contribution in [2.24, 2.45) is 5.92 Å². The summed E-state index contributed by atoms with van der Waals surface area (Å²) in [5.41, 5.74) is 2.91. The highest BCUT2D eigenvalue weighted by molar-refractivity contribution is 6.04. The van der Waals surface area contributed by atoms with Crippen LogP contribution in [0.5, 0.6) is 0 Å². The fourth-order valence-corrected chi connectivity index (χ4v) is 3.27. The third-order valence-electron chi connectivity index (χ3n) is 5.09. The maximum atomic E-state index is 12.7. The van der Waals surface area contributed by atoms with Crippen molar-refractivity contribution in [3.63, 3.8) is 0 Å². The predicted molar refractivity (Wildman–Crippen MR) is 99.4 cm³/mol. The lowest BCUT2D eigenvalue weighted by Crippen LogP contribution is -2.51. The zero-order valence-electron chi connectivity index (χ0n) is 14.9. The van der Waals surface area contributed by atoms with E-state index in [2.05, 4.69) is 22.2 Å². The van der Waals surface area contributed by atoms with E-state index in [0.29, 0.717) is 11.9 Å². The summed E-state index contributed by atoms with van der Waals surface area (Å²) < 4.78 is 0. The van der Waals surface area contributed by atoms with Gasteiger partial charge in [-0.2, -0.15) is 4.98 Å². The van der Waals surface area contributed by atoms with Crippen LogP contribution in [0.3, 0.4) is 0 Å². The molecule has 1 saturated carbocycles. The summed E-state index contributed by atoms with van der Waals surface area (Å²) in [7, 11) is 3.77. The molecule has 0 unspecified atom stereocenters. The predicted octanol–water partition coefficient (Wildman–Crippen LogP) is 3.11. The van der Waals surface area contributed by atoms with Crippen molar-refractivity contribution in [3.05, 3.63) is 36.0 Å². The van der Waals surface area contributed by atoms with Crippen LogP contribution in [0.4, 0.5) is 23.1 Å². The molecule has 1 amide bonds.